The van der Waals surface area contributed by atoms with Crippen LogP contribution in [0.2, 0.25) is 5.02 Å². The van der Waals surface area contributed by atoms with Crippen molar-refractivity contribution in [1.29, 1.82) is 0 Å². The molecule has 0 fully saturated rings. The van der Waals surface area contributed by atoms with Gasteiger partial charge in [0, 0.05) is 23.1 Å². The van der Waals surface area contributed by atoms with Gasteiger partial charge in [-0.1, -0.05) is 29.8 Å². The Morgan fingerprint density at radius 2 is 1.88 bits per heavy atom. The molecule has 0 aliphatic carbocycles. The maximum absolute atomic E-state index is 13.2. The second-order valence-electron chi connectivity index (χ2n) is 5.22. The number of thiocarbonyl (C=S) groups is 1. The number of hydrogen-bond acceptors (Lipinski definition) is 4. The number of nitrogens with zero attached hydrogens (tertiary/aromatic N) is 2. The Kier molecular flexibility index (Phi) is 5.93. The van der Waals surface area contributed by atoms with Gasteiger partial charge in [-0.05, 0) is 48.1 Å². The van der Waals surface area contributed by atoms with Gasteiger partial charge in [-0.25, -0.2) is 14.4 Å². The van der Waals surface area contributed by atoms with Gasteiger partial charge in [0.25, 0.3) is 5.88 Å². The smallest absolute Gasteiger partial charge is 0.258 e. The zero-order chi connectivity index (χ0) is 18.4. The Labute approximate surface area is 160 Å². The molecular weight excluding hydrogens is 375 g/mol. The molecule has 1 aromatic heterocycles. The molecule has 0 amide bonds. The molecule has 0 spiro atoms. The monoisotopic (exact) mass is 388 g/mol. The van der Waals surface area contributed by atoms with Gasteiger partial charge in [-0.15, -0.1) is 0 Å². The van der Waals surface area contributed by atoms with E-state index in [9.17, 15) is 4.39 Å². The molecule has 2 aromatic carbocycles. The highest BCUT2D eigenvalue weighted by Gasteiger charge is 2.09. The molecule has 8 heteroatoms. The predicted molar refractivity (Wildman–Crippen MR) is 104 cm³/mol. The van der Waals surface area contributed by atoms with E-state index >= 15 is 0 Å². The predicted octanol–water partition coefficient (Wildman–Crippen LogP) is 4.66. The SMILES string of the molecule is Fc1cccc(COc2nccnc2NC(=S)Nc2cccc(Cl)c2)c1. The summed E-state index contributed by atoms with van der Waals surface area (Å²) in [5.74, 6) is 0.283. The van der Waals surface area contributed by atoms with Crippen molar-refractivity contribution in [2.24, 2.45) is 0 Å². The van der Waals surface area contributed by atoms with E-state index < -0.39 is 0 Å². The molecule has 0 saturated heterocycles. The average molecular weight is 389 g/mol. The first kappa shape index (κ1) is 18.0. The van der Waals surface area contributed by atoms with Crippen molar-refractivity contribution in [3.8, 4) is 5.88 Å². The highest BCUT2D eigenvalue weighted by atomic mass is 35.5. The Hall–Kier alpha value is -2.77. The van der Waals surface area contributed by atoms with Crippen LogP contribution in [0.5, 0.6) is 5.88 Å². The van der Waals surface area contributed by atoms with Crippen molar-refractivity contribution in [2.45, 2.75) is 6.61 Å². The number of hydrogen-bond donors (Lipinski definition) is 2. The van der Waals surface area contributed by atoms with Crippen molar-refractivity contribution in [1.82, 2.24) is 9.97 Å². The molecular formula is C18H14ClFN4OS. The van der Waals surface area contributed by atoms with Crippen LogP contribution in [0.4, 0.5) is 15.9 Å². The minimum Gasteiger partial charge on any atom is -0.470 e. The van der Waals surface area contributed by atoms with Crippen LogP contribution in [0.3, 0.4) is 0 Å². The van der Waals surface area contributed by atoms with Crippen molar-refractivity contribution >= 4 is 40.4 Å². The molecule has 0 bridgehead atoms. The normalized spacial score (nSPS) is 10.2. The van der Waals surface area contributed by atoms with Crippen molar-refractivity contribution in [3.05, 3.63) is 77.3 Å². The number of anilines is 2. The fourth-order valence-corrected chi connectivity index (χ4v) is 2.54. The van der Waals surface area contributed by atoms with Crippen LogP contribution in [-0.2, 0) is 6.61 Å². The van der Waals surface area contributed by atoms with E-state index in [-0.39, 0.29) is 18.3 Å². The summed E-state index contributed by atoms with van der Waals surface area (Å²) in [6.45, 7) is 0.152. The third-order valence-electron chi connectivity index (χ3n) is 3.24. The van der Waals surface area contributed by atoms with E-state index in [0.29, 0.717) is 21.5 Å². The van der Waals surface area contributed by atoms with Gasteiger partial charge in [0.1, 0.15) is 12.4 Å². The number of aromatic nitrogens is 2. The molecule has 0 aliphatic heterocycles. The summed E-state index contributed by atoms with van der Waals surface area (Å²) in [4.78, 5) is 8.32. The third kappa shape index (κ3) is 5.11. The lowest BCUT2D eigenvalue weighted by atomic mass is 10.2. The fraction of sp³-hybridized carbons (Fsp3) is 0.0556. The second-order valence-corrected chi connectivity index (χ2v) is 6.06. The van der Waals surface area contributed by atoms with Gasteiger partial charge in [0.15, 0.2) is 10.9 Å². The molecule has 0 radical (unpaired) electrons. The standard InChI is InChI=1S/C18H14ClFN4OS/c19-13-4-2-6-15(10-13)23-18(26)24-16-17(22-8-7-21-16)25-11-12-3-1-5-14(20)9-12/h1-10H,11H2,(H2,21,23,24,26). The Bertz CT molecular complexity index is 925. The van der Waals surface area contributed by atoms with Gasteiger partial charge in [-0.3, -0.25) is 0 Å². The minimum atomic E-state index is -0.324. The topological polar surface area (TPSA) is 59.1 Å². The maximum Gasteiger partial charge on any atom is 0.258 e. The summed E-state index contributed by atoms with van der Waals surface area (Å²) in [7, 11) is 0. The second kappa shape index (κ2) is 8.55. The first-order chi connectivity index (χ1) is 12.6. The number of rotatable bonds is 5. The summed E-state index contributed by atoms with van der Waals surface area (Å²) >= 11 is 11.2. The van der Waals surface area contributed by atoms with Crippen LogP contribution in [0.1, 0.15) is 5.56 Å². The quantitative estimate of drug-likeness (QED) is 0.620. The zero-order valence-electron chi connectivity index (χ0n) is 13.4. The number of ether oxygens (including phenoxy) is 1. The first-order valence-electron chi connectivity index (χ1n) is 7.62. The Balaban J connectivity index is 1.65. The molecule has 3 aromatic rings. The first-order valence-corrected chi connectivity index (χ1v) is 8.40. The van der Waals surface area contributed by atoms with Crippen LogP contribution in [-0.4, -0.2) is 15.1 Å². The van der Waals surface area contributed by atoms with Crippen LogP contribution >= 0.6 is 23.8 Å². The average Bonchev–Trinajstić information content (AvgIpc) is 2.61. The number of halogens is 2. The number of nitrogens with one attached hydrogen (secondary N) is 2. The van der Waals surface area contributed by atoms with Crippen LogP contribution in [0.15, 0.2) is 60.9 Å². The Morgan fingerprint density at radius 3 is 2.69 bits per heavy atom. The summed E-state index contributed by atoms with van der Waals surface area (Å²) in [6.07, 6.45) is 3.01. The van der Waals surface area contributed by atoms with Gasteiger partial charge < -0.3 is 15.4 Å². The molecule has 0 saturated carbocycles. The van der Waals surface area contributed by atoms with E-state index in [1.807, 2.05) is 12.1 Å². The van der Waals surface area contributed by atoms with E-state index in [2.05, 4.69) is 20.6 Å². The molecule has 2 N–H and O–H groups in total. The van der Waals surface area contributed by atoms with Gasteiger partial charge in [0.2, 0.25) is 0 Å². The lowest BCUT2D eigenvalue weighted by molar-refractivity contribution is 0.294. The van der Waals surface area contributed by atoms with Crippen LogP contribution < -0.4 is 15.4 Å². The number of benzene rings is 2. The lowest BCUT2D eigenvalue weighted by Gasteiger charge is -2.13. The van der Waals surface area contributed by atoms with Crippen LogP contribution in [0, 0.1) is 5.82 Å². The maximum atomic E-state index is 13.2. The molecule has 5 nitrogen and oxygen atoms in total. The molecule has 0 aliphatic rings. The fourth-order valence-electron chi connectivity index (χ4n) is 2.13. The Morgan fingerprint density at radius 1 is 1.08 bits per heavy atom. The zero-order valence-corrected chi connectivity index (χ0v) is 15.0. The van der Waals surface area contributed by atoms with Crippen molar-refractivity contribution in [2.75, 3.05) is 10.6 Å². The summed E-state index contributed by atoms with van der Waals surface area (Å²) in [6, 6.07) is 13.3. The van der Waals surface area contributed by atoms with Crippen molar-refractivity contribution < 1.29 is 9.13 Å². The molecule has 1 heterocycles. The van der Waals surface area contributed by atoms with Gasteiger partial charge in [-0.2, -0.15) is 0 Å². The molecule has 0 atom stereocenters. The largest absolute Gasteiger partial charge is 0.470 e. The van der Waals surface area contributed by atoms with Crippen LogP contribution in [0.25, 0.3) is 0 Å². The molecule has 0 unspecified atom stereocenters. The van der Waals surface area contributed by atoms with E-state index in [4.69, 9.17) is 28.6 Å². The van der Waals surface area contributed by atoms with Gasteiger partial charge >= 0.3 is 0 Å². The molecule has 3 rings (SSSR count). The summed E-state index contributed by atoms with van der Waals surface area (Å²) < 4.78 is 18.9. The molecule has 132 valence electrons. The third-order valence-corrected chi connectivity index (χ3v) is 3.68. The highest BCUT2D eigenvalue weighted by molar-refractivity contribution is 7.80. The lowest BCUT2D eigenvalue weighted by Crippen LogP contribution is -2.20. The summed E-state index contributed by atoms with van der Waals surface area (Å²) in [5, 5.41) is 6.84. The highest BCUT2D eigenvalue weighted by Crippen LogP contribution is 2.20. The van der Waals surface area contributed by atoms with E-state index in [0.717, 1.165) is 5.69 Å². The minimum absolute atomic E-state index is 0.152. The summed E-state index contributed by atoms with van der Waals surface area (Å²) in [5.41, 5.74) is 1.42. The van der Waals surface area contributed by atoms with Crippen molar-refractivity contribution in [3.63, 3.8) is 0 Å². The van der Waals surface area contributed by atoms with Gasteiger partial charge in [0.05, 0.1) is 0 Å². The van der Waals surface area contributed by atoms with E-state index in [1.54, 1.807) is 24.3 Å². The van der Waals surface area contributed by atoms with E-state index in [1.165, 1.54) is 24.5 Å². The molecule has 26 heavy (non-hydrogen) atoms.